The minimum Gasteiger partial charge on any atom is -0.466 e. The molecule has 1 aromatic carbocycles. The Morgan fingerprint density at radius 1 is 1.38 bits per heavy atom. The topological polar surface area (TPSA) is 95.9 Å². The number of esters is 1. The molecule has 174 valence electrons. The Balaban J connectivity index is 1.76. The number of carbonyl (C=O) groups excluding carboxylic acids is 3. The summed E-state index contributed by atoms with van der Waals surface area (Å²) in [4.78, 5) is 41.9. The number of aliphatic hydroxyl groups excluding tert-OH is 1. The maximum Gasteiger partial charge on any atom is 0.310 e. The minimum absolute atomic E-state index is 0.0487. The molecule has 1 spiro atoms. The molecule has 2 N–H and O–H groups in total. The number of ether oxygens (including phenoxy) is 1. The third-order valence-electron chi connectivity index (χ3n) is 6.99. The number of fused-ring (bicyclic) bond motifs is 1. The number of nitrogens with one attached hydrogen (secondary N) is 1. The Morgan fingerprint density at radius 3 is 2.72 bits per heavy atom. The molecule has 3 aliphatic heterocycles. The monoisotopic (exact) mass is 480 g/mol. The number of hydrogen-bond acceptors (Lipinski definition) is 6. The summed E-state index contributed by atoms with van der Waals surface area (Å²) in [5.41, 5.74) is 0.469. The average Bonchev–Trinajstić information content (AvgIpc) is 3.38. The number of rotatable bonds is 7. The van der Waals surface area contributed by atoms with Gasteiger partial charge >= 0.3 is 5.97 Å². The Labute approximate surface area is 197 Å². The maximum atomic E-state index is 13.8. The van der Waals surface area contributed by atoms with Crippen LogP contribution in [0.5, 0.6) is 0 Å². The summed E-state index contributed by atoms with van der Waals surface area (Å²) in [5, 5.41) is 13.4. The van der Waals surface area contributed by atoms with Crippen LogP contribution in [0.4, 0.5) is 5.69 Å². The number of anilines is 1. The molecular formula is C23H29ClN2O5S. The van der Waals surface area contributed by atoms with E-state index in [-0.39, 0.29) is 42.2 Å². The predicted molar refractivity (Wildman–Crippen MR) is 123 cm³/mol. The molecule has 0 aromatic heterocycles. The molecule has 6 atom stereocenters. The quantitative estimate of drug-likeness (QED) is 0.582. The van der Waals surface area contributed by atoms with E-state index in [9.17, 15) is 19.5 Å². The van der Waals surface area contributed by atoms with Crippen molar-refractivity contribution < 1.29 is 24.2 Å². The van der Waals surface area contributed by atoms with E-state index in [0.29, 0.717) is 17.1 Å². The number of carbonyl (C=O) groups is 3. The van der Waals surface area contributed by atoms with Gasteiger partial charge in [-0.05, 0) is 37.8 Å². The molecular weight excluding hydrogens is 452 g/mol. The van der Waals surface area contributed by atoms with Crippen LogP contribution in [0.2, 0.25) is 5.02 Å². The van der Waals surface area contributed by atoms with Crippen LogP contribution in [0, 0.1) is 17.8 Å². The molecule has 3 fully saturated rings. The van der Waals surface area contributed by atoms with E-state index in [0.717, 1.165) is 6.42 Å². The van der Waals surface area contributed by atoms with Gasteiger partial charge in [-0.25, -0.2) is 0 Å². The van der Waals surface area contributed by atoms with Crippen LogP contribution >= 0.6 is 23.4 Å². The van der Waals surface area contributed by atoms with Crippen LogP contribution < -0.4 is 5.32 Å². The van der Waals surface area contributed by atoms with Crippen molar-refractivity contribution >= 4 is 46.8 Å². The summed E-state index contributed by atoms with van der Waals surface area (Å²) in [6.07, 6.45) is 1.40. The lowest BCUT2D eigenvalue weighted by Gasteiger charge is -2.38. The second-order valence-corrected chi connectivity index (χ2v) is 11.0. The van der Waals surface area contributed by atoms with Gasteiger partial charge in [-0.3, -0.25) is 14.4 Å². The number of benzene rings is 1. The van der Waals surface area contributed by atoms with Crippen LogP contribution in [-0.2, 0) is 19.1 Å². The Hall–Kier alpha value is -1.77. The lowest BCUT2D eigenvalue weighted by atomic mass is 9.71. The molecule has 32 heavy (non-hydrogen) atoms. The zero-order valence-corrected chi connectivity index (χ0v) is 20.0. The number of nitrogens with zero attached hydrogens (tertiary/aromatic N) is 1. The third-order valence-corrected chi connectivity index (χ3v) is 9.27. The number of hydrogen-bond donors (Lipinski definition) is 2. The number of likely N-dealkylation sites (tertiary alicyclic amines) is 1. The molecule has 3 saturated heterocycles. The van der Waals surface area contributed by atoms with Crippen molar-refractivity contribution in [2.45, 2.75) is 55.7 Å². The lowest BCUT2D eigenvalue weighted by molar-refractivity contribution is -0.154. The van der Waals surface area contributed by atoms with E-state index >= 15 is 0 Å². The van der Waals surface area contributed by atoms with Crippen LogP contribution in [0.25, 0.3) is 0 Å². The fraction of sp³-hybridized carbons (Fsp3) is 0.609. The number of thioether (sulfide) groups is 1. The summed E-state index contributed by atoms with van der Waals surface area (Å²) in [7, 11) is 0. The van der Waals surface area contributed by atoms with Crippen molar-refractivity contribution in [2.75, 3.05) is 18.5 Å². The number of amides is 2. The fourth-order valence-corrected chi connectivity index (χ4v) is 8.01. The molecule has 4 rings (SSSR count). The van der Waals surface area contributed by atoms with Gasteiger partial charge in [0.1, 0.15) is 6.04 Å². The second kappa shape index (κ2) is 8.88. The van der Waals surface area contributed by atoms with Gasteiger partial charge in [0.25, 0.3) is 0 Å². The van der Waals surface area contributed by atoms with Gasteiger partial charge in [0, 0.05) is 5.25 Å². The van der Waals surface area contributed by atoms with E-state index in [1.165, 1.54) is 0 Å². The van der Waals surface area contributed by atoms with Crippen molar-refractivity contribution in [3.63, 3.8) is 0 Å². The first-order valence-electron chi connectivity index (χ1n) is 11.1. The Bertz CT molecular complexity index is 927. The Kier molecular flexibility index (Phi) is 6.49. The number of aliphatic hydroxyl groups is 1. The van der Waals surface area contributed by atoms with Crippen LogP contribution in [0.3, 0.4) is 0 Å². The van der Waals surface area contributed by atoms with Gasteiger partial charge in [-0.15, -0.1) is 11.8 Å². The number of halogens is 1. The summed E-state index contributed by atoms with van der Waals surface area (Å²) >= 11 is 7.84. The van der Waals surface area contributed by atoms with Crippen LogP contribution in [0.1, 0.15) is 33.6 Å². The molecule has 2 bridgehead atoms. The molecule has 9 heteroatoms. The van der Waals surface area contributed by atoms with Crippen molar-refractivity contribution in [1.82, 2.24) is 4.90 Å². The first kappa shape index (κ1) is 23.4. The normalized spacial score (nSPS) is 31.7. The SMILES string of the molecule is CCOC(=O)[C@@H]1[C@H]2C(=O)N([C@@H](CO)C(C)C)C(C(=O)Nc3ccccc3Cl)C23CC[C@H]1S3. The zero-order valence-electron chi connectivity index (χ0n) is 18.4. The number of para-hydroxylation sites is 1. The fourth-order valence-electron chi connectivity index (χ4n) is 5.64. The molecule has 0 radical (unpaired) electrons. The van der Waals surface area contributed by atoms with Gasteiger partial charge in [0.2, 0.25) is 11.8 Å². The van der Waals surface area contributed by atoms with Gasteiger partial charge < -0.3 is 20.1 Å². The molecule has 0 saturated carbocycles. The standard InChI is InChI=1S/C23H29ClN2O5S/c1-4-31-22(30)17-16-9-10-23(32-16)18(17)21(29)26(15(11-27)12(2)3)19(23)20(28)25-14-8-6-5-7-13(14)24/h5-8,12,15-19,27H,4,9-11H2,1-3H3,(H,25,28)/t15-,16+,17-,18-,19?,23?/m0/s1. The summed E-state index contributed by atoms with van der Waals surface area (Å²) in [5.74, 6) is -2.25. The molecule has 3 heterocycles. The third kappa shape index (κ3) is 3.51. The molecule has 7 nitrogen and oxygen atoms in total. The van der Waals surface area contributed by atoms with E-state index in [1.54, 1.807) is 47.9 Å². The van der Waals surface area contributed by atoms with Gasteiger partial charge in [0.05, 0.1) is 46.5 Å². The maximum absolute atomic E-state index is 13.8. The highest BCUT2D eigenvalue weighted by atomic mass is 35.5. The summed E-state index contributed by atoms with van der Waals surface area (Å²) < 4.78 is 4.59. The lowest BCUT2D eigenvalue weighted by Crippen LogP contribution is -2.56. The molecule has 1 aromatic rings. The average molecular weight is 481 g/mol. The smallest absolute Gasteiger partial charge is 0.310 e. The summed E-state index contributed by atoms with van der Waals surface area (Å²) in [6, 6.07) is 5.60. The van der Waals surface area contributed by atoms with E-state index in [1.807, 2.05) is 13.8 Å². The first-order valence-corrected chi connectivity index (χ1v) is 12.4. The van der Waals surface area contributed by atoms with Crippen LogP contribution in [-0.4, -0.2) is 63.1 Å². The van der Waals surface area contributed by atoms with Gasteiger partial charge in [-0.2, -0.15) is 0 Å². The Morgan fingerprint density at radius 2 is 2.09 bits per heavy atom. The van der Waals surface area contributed by atoms with Gasteiger partial charge in [-0.1, -0.05) is 37.6 Å². The first-order chi connectivity index (χ1) is 15.3. The van der Waals surface area contributed by atoms with Crippen molar-refractivity contribution in [1.29, 1.82) is 0 Å². The van der Waals surface area contributed by atoms with Crippen molar-refractivity contribution in [3.8, 4) is 0 Å². The minimum atomic E-state index is -0.815. The van der Waals surface area contributed by atoms with E-state index in [4.69, 9.17) is 16.3 Å². The molecule has 0 aliphatic carbocycles. The highest BCUT2D eigenvalue weighted by Gasteiger charge is 2.74. The van der Waals surface area contributed by atoms with Crippen LogP contribution in [0.15, 0.2) is 24.3 Å². The predicted octanol–water partition coefficient (Wildman–Crippen LogP) is 2.95. The molecule has 2 amide bonds. The second-order valence-electron chi connectivity index (χ2n) is 9.02. The van der Waals surface area contributed by atoms with Crippen molar-refractivity contribution in [2.24, 2.45) is 17.8 Å². The van der Waals surface area contributed by atoms with Crippen molar-refractivity contribution in [3.05, 3.63) is 29.3 Å². The summed E-state index contributed by atoms with van der Waals surface area (Å²) in [6.45, 7) is 5.55. The molecule has 3 aliphatic rings. The largest absolute Gasteiger partial charge is 0.466 e. The van der Waals surface area contributed by atoms with E-state index < -0.39 is 28.7 Å². The van der Waals surface area contributed by atoms with Gasteiger partial charge in [0.15, 0.2) is 0 Å². The van der Waals surface area contributed by atoms with E-state index in [2.05, 4.69) is 5.32 Å². The highest BCUT2D eigenvalue weighted by molar-refractivity contribution is 8.02. The molecule has 2 unspecified atom stereocenters. The highest BCUT2D eigenvalue weighted by Crippen LogP contribution is 2.67. The zero-order chi connectivity index (χ0) is 23.2.